The second-order valence-electron chi connectivity index (χ2n) is 7.23. The highest BCUT2D eigenvalue weighted by atomic mass is 19.1. The van der Waals surface area contributed by atoms with Gasteiger partial charge in [-0.25, -0.2) is 4.39 Å². The summed E-state index contributed by atoms with van der Waals surface area (Å²) < 4.78 is 20.4. The Morgan fingerprint density at radius 3 is 2.60 bits per heavy atom. The lowest BCUT2D eigenvalue weighted by molar-refractivity contribution is 0.0920. The molecule has 0 fully saturated rings. The Morgan fingerprint density at radius 2 is 1.97 bits per heavy atom. The van der Waals surface area contributed by atoms with Crippen molar-refractivity contribution >= 4 is 11.9 Å². The summed E-state index contributed by atoms with van der Waals surface area (Å²) in [6, 6.07) is 10.4. The third kappa shape index (κ3) is 6.23. The Kier molecular flexibility index (Phi) is 8.70. The Morgan fingerprint density at radius 1 is 1.20 bits per heavy atom. The standard InChI is InChI=1S/C27H29FO2/c1-6-8-9-10-20(4)27(30-7-2)14-21(5)23-15-22(18-29)16-24(17-23)25-12-11-19(3)13-26(25)28/h6,8-13,15-18,27H,1,5,7,14H2,2-4H3/b9-8-,20-10+. The summed E-state index contributed by atoms with van der Waals surface area (Å²) >= 11 is 0. The van der Waals surface area contributed by atoms with Gasteiger partial charge < -0.3 is 4.74 Å². The molecule has 0 aliphatic heterocycles. The number of allylic oxidation sites excluding steroid dienone is 4. The van der Waals surface area contributed by atoms with Crippen LogP contribution in [-0.2, 0) is 4.74 Å². The van der Waals surface area contributed by atoms with Crippen molar-refractivity contribution in [2.75, 3.05) is 6.61 Å². The van der Waals surface area contributed by atoms with Crippen LogP contribution in [0.15, 0.2) is 79.4 Å². The second-order valence-corrected chi connectivity index (χ2v) is 7.23. The van der Waals surface area contributed by atoms with Gasteiger partial charge >= 0.3 is 0 Å². The third-order valence-electron chi connectivity index (χ3n) is 4.85. The van der Waals surface area contributed by atoms with E-state index in [4.69, 9.17) is 4.74 Å². The van der Waals surface area contributed by atoms with Gasteiger partial charge in [0, 0.05) is 24.2 Å². The smallest absolute Gasteiger partial charge is 0.150 e. The zero-order chi connectivity index (χ0) is 22.1. The minimum Gasteiger partial charge on any atom is -0.374 e. The van der Waals surface area contributed by atoms with E-state index in [1.165, 1.54) is 6.07 Å². The maximum atomic E-state index is 14.5. The van der Waals surface area contributed by atoms with Gasteiger partial charge in [-0.05, 0) is 72.9 Å². The van der Waals surface area contributed by atoms with E-state index in [1.54, 1.807) is 24.3 Å². The average Bonchev–Trinajstić information content (AvgIpc) is 2.73. The van der Waals surface area contributed by atoms with E-state index >= 15 is 0 Å². The lowest BCUT2D eigenvalue weighted by atomic mass is 9.92. The molecule has 0 saturated heterocycles. The molecule has 0 aromatic heterocycles. The first-order valence-electron chi connectivity index (χ1n) is 10.0. The summed E-state index contributed by atoms with van der Waals surface area (Å²) in [7, 11) is 0. The fourth-order valence-corrected chi connectivity index (χ4v) is 3.22. The predicted octanol–water partition coefficient (Wildman–Crippen LogP) is 7.11. The normalized spacial score (nSPS) is 12.7. The molecular formula is C27H29FO2. The van der Waals surface area contributed by atoms with Gasteiger partial charge in [0.2, 0.25) is 0 Å². The SMILES string of the molecule is C=C/C=C\C=C(/C)C(CC(=C)c1cc(C=O)cc(-c2ccc(C)cc2F)c1)OCC. The van der Waals surface area contributed by atoms with Crippen molar-refractivity contribution in [2.45, 2.75) is 33.3 Å². The molecular weight excluding hydrogens is 375 g/mol. The fourth-order valence-electron chi connectivity index (χ4n) is 3.22. The number of carbonyl (C=O) groups is 1. The molecule has 2 aromatic rings. The zero-order valence-corrected chi connectivity index (χ0v) is 18.0. The number of ether oxygens (including phenoxy) is 1. The fraction of sp³-hybridized carbons (Fsp3) is 0.222. The van der Waals surface area contributed by atoms with Crippen LogP contribution in [0.2, 0.25) is 0 Å². The number of carbonyl (C=O) groups excluding carboxylic acids is 1. The van der Waals surface area contributed by atoms with Gasteiger partial charge in [0.15, 0.2) is 0 Å². The maximum absolute atomic E-state index is 14.5. The predicted molar refractivity (Wildman–Crippen MR) is 124 cm³/mol. The van der Waals surface area contributed by atoms with E-state index in [-0.39, 0.29) is 11.9 Å². The Hall–Kier alpha value is -3.04. The van der Waals surface area contributed by atoms with E-state index in [0.29, 0.717) is 29.7 Å². The van der Waals surface area contributed by atoms with E-state index in [1.807, 2.05) is 51.1 Å². The summed E-state index contributed by atoms with van der Waals surface area (Å²) in [5.74, 6) is -0.311. The Bertz CT molecular complexity index is 982. The molecule has 0 radical (unpaired) electrons. The van der Waals surface area contributed by atoms with Crippen molar-refractivity contribution in [3.05, 3.63) is 102 Å². The topological polar surface area (TPSA) is 26.3 Å². The quantitative estimate of drug-likeness (QED) is 0.311. The molecule has 156 valence electrons. The van der Waals surface area contributed by atoms with Crippen molar-refractivity contribution < 1.29 is 13.9 Å². The van der Waals surface area contributed by atoms with Crippen molar-refractivity contribution in [1.82, 2.24) is 0 Å². The van der Waals surface area contributed by atoms with Crippen LogP contribution >= 0.6 is 0 Å². The van der Waals surface area contributed by atoms with E-state index in [0.717, 1.165) is 28.6 Å². The average molecular weight is 405 g/mol. The minimum atomic E-state index is -0.311. The molecule has 0 saturated carbocycles. The first kappa shape index (κ1) is 23.2. The van der Waals surface area contributed by atoms with Crippen LogP contribution in [-0.4, -0.2) is 19.0 Å². The molecule has 0 spiro atoms. The maximum Gasteiger partial charge on any atom is 0.150 e. The summed E-state index contributed by atoms with van der Waals surface area (Å²) in [5, 5.41) is 0. The summed E-state index contributed by atoms with van der Waals surface area (Å²) in [4.78, 5) is 11.5. The summed E-state index contributed by atoms with van der Waals surface area (Å²) in [6.07, 6.45) is 8.68. The molecule has 0 heterocycles. The van der Waals surface area contributed by atoms with Crippen LogP contribution in [0.5, 0.6) is 0 Å². The molecule has 2 aromatic carbocycles. The molecule has 0 bridgehead atoms. The van der Waals surface area contributed by atoms with Gasteiger partial charge in [0.25, 0.3) is 0 Å². The van der Waals surface area contributed by atoms with Crippen molar-refractivity contribution in [3.63, 3.8) is 0 Å². The lowest BCUT2D eigenvalue weighted by Crippen LogP contribution is -2.15. The first-order chi connectivity index (χ1) is 14.4. The number of rotatable bonds is 10. The van der Waals surface area contributed by atoms with Crippen LogP contribution in [0.25, 0.3) is 16.7 Å². The zero-order valence-electron chi connectivity index (χ0n) is 18.0. The minimum absolute atomic E-state index is 0.142. The highest BCUT2D eigenvalue weighted by molar-refractivity contribution is 5.83. The number of aryl methyl sites for hydroxylation is 1. The van der Waals surface area contributed by atoms with Crippen LogP contribution in [0.3, 0.4) is 0 Å². The van der Waals surface area contributed by atoms with Crippen LogP contribution < -0.4 is 0 Å². The molecule has 0 amide bonds. The third-order valence-corrected chi connectivity index (χ3v) is 4.85. The molecule has 0 aliphatic rings. The number of benzene rings is 2. The monoisotopic (exact) mass is 404 g/mol. The summed E-state index contributed by atoms with van der Waals surface area (Å²) in [6.45, 7) is 14.3. The molecule has 30 heavy (non-hydrogen) atoms. The van der Waals surface area contributed by atoms with Gasteiger partial charge in [0.1, 0.15) is 12.1 Å². The van der Waals surface area contributed by atoms with E-state index in [9.17, 15) is 9.18 Å². The molecule has 1 atom stereocenters. The molecule has 2 nitrogen and oxygen atoms in total. The molecule has 3 heteroatoms. The second kappa shape index (κ2) is 11.2. The Balaban J connectivity index is 2.38. The summed E-state index contributed by atoms with van der Waals surface area (Å²) in [5.41, 5.74) is 5.14. The lowest BCUT2D eigenvalue weighted by Gasteiger charge is -2.20. The van der Waals surface area contributed by atoms with Crippen LogP contribution in [0, 0.1) is 12.7 Å². The number of aldehydes is 1. The van der Waals surface area contributed by atoms with Crippen LogP contribution in [0.1, 0.15) is 41.8 Å². The van der Waals surface area contributed by atoms with Gasteiger partial charge in [-0.15, -0.1) is 0 Å². The number of halogens is 1. The highest BCUT2D eigenvalue weighted by Crippen LogP contribution is 2.30. The molecule has 1 unspecified atom stereocenters. The van der Waals surface area contributed by atoms with Crippen molar-refractivity contribution in [3.8, 4) is 11.1 Å². The van der Waals surface area contributed by atoms with E-state index < -0.39 is 0 Å². The molecule has 2 rings (SSSR count). The van der Waals surface area contributed by atoms with E-state index in [2.05, 4.69) is 13.2 Å². The van der Waals surface area contributed by atoms with Crippen LogP contribution in [0.4, 0.5) is 4.39 Å². The Labute approximate surface area is 179 Å². The number of hydrogen-bond acceptors (Lipinski definition) is 2. The van der Waals surface area contributed by atoms with Crippen molar-refractivity contribution in [1.29, 1.82) is 0 Å². The van der Waals surface area contributed by atoms with Gasteiger partial charge in [-0.2, -0.15) is 0 Å². The number of hydrogen-bond donors (Lipinski definition) is 0. The van der Waals surface area contributed by atoms with Gasteiger partial charge in [-0.1, -0.05) is 49.6 Å². The first-order valence-corrected chi connectivity index (χ1v) is 10.0. The molecule has 0 aliphatic carbocycles. The van der Waals surface area contributed by atoms with Gasteiger partial charge in [0.05, 0.1) is 6.10 Å². The molecule has 0 N–H and O–H groups in total. The van der Waals surface area contributed by atoms with Crippen molar-refractivity contribution in [2.24, 2.45) is 0 Å². The largest absolute Gasteiger partial charge is 0.374 e. The highest BCUT2D eigenvalue weighted by Gasteiger charge is 2.15. The van der Waals surface area contributed by atoms with Gasteiger partial charge in [-0.3, -0.25) is 4.79 Å².